The summed E-state index contributed by atoms with van der Waals surface area (Å²) in [5.41, 5.74) is -0.0319. The van der Waals surface area contributed by atoms with Crippen molar-refractivity contribution in [3.8, 4) is 5.75 Å². The van der Waals surface area contributed by atoms with Crippen molar-refractivity contribution in [2.24, 2.45) is 11.8 Å². The van der Waals surface area contributed by atoms with Crippen LogP contribution in [-0.2, 0) is 30.3 Å². The van der Waals surface area contributed by atoms with Gasteiger partial charge in [0.05, 0.1) is 38.0 Å². The summed E-state index contributed by atoms with van der Waals surface area (Å²) < 4.78 is 22.3. The molecule has 212 valence electrons. The number of benzene rings is 1. The lowest BCUT2D eigenvalue weighted by Gasteiger charge is -2.57. The third-order valence-electron chi connectivity index (χ3n) is 7.80. The number of hydrogen-bond donors (Lipinski definition) is 0. The van der Waals surface area contributed by atoms with Gasteiger partial charge in [0.15, 0.2) is 0 Å². The molecule has 39 heavy (non-hydrogen) atoms. The van der Waals surface area contributed by atoms with E-state index in [9.17, 15) is 14.4 Å². The van der Waals surface area contributed by atoms with E-state index >= 15 is 0 Å². The van der Waals surface area contributed by atoms with Crippen LogP contribution in [0.3, 0.4) is 0 Å². The molecule has 0 unspecified atom stereocenters. The minimum Gasteiger partial charge on any atom is -0.497 e. The van der Waals surface area contributed by atoms with Gasteiger partial charge < -0.3 is 23.8 Å². The van der Waals surface area contributed by atoms with Crippen LogP contribution in [-0.4, -0.2) is 71.8 Å². The second-order valence-corrected chi connectivity index (χ2v) is 11.3. The highest BCUT2D eigenvalue weighted by Crippen LogP contribution is 2.58. The van der Waals surface area contributed by atoms with E-state index in [1.54, 1.807) is 31.3 Å². The molecule has 2 amide bonds. The Kier molecular flexibility index (Phi) is 8.28. The number of amides is 2. The molecule has 3 fully saturated rings. The molecule has 3 aliphatic rings. The first kappa shape index (κ1) is 28.5. The number of carbonyl (C=O) groups is 3. The number of carbonyl (C=O) groups excluding carboxylic acids is 3. The van der Waals surface area contributed by atoms with Gasteiger partial charge in [-0.1, -0.05) is 24.8 Å². The van der Waals surface area contributed by atoms with Gasteiger partial charge in [0, 0.05) is 19.0 Å². The highest BCUT2D eigenvalue weighted by Gasteiger charge is 2.69. The summed E-state index contributed by atoms with van der Waals surface area (Å²) in [6.07, 6.45) is 3.78. The van der Waals surface area contributed by atoms with E-state index < -0.39 is 29.2 Å². The molecule has 1 aromatic carbocycles. The fourth-order valence-corrected chi connectivity index (χ4v) is 6.48. The highest BCUT2D eigenvalue weighted by molar-refractivity contribution is 5.88. The molecule has 1 saturated carbocycles. The number of nitrogens with zero attached hydrogens (tertiary/aromatic N) is 2. The van der Waals surface area contributed by atoms with Gasteiger partial charge in [-0.05, 0) is 69.7 Å². The molecule has 4 atom stereocenters. The third-order valence-corrected chi connectivity index (χ3v) is 7.80. The zero-order chi connectivity index (χ0) is 28.4. The first-order valence-corrected chi connectivity index (χ1v) is 13.6. The zero-order valence-electron chi connectivity index (χ0n) is 23.6. The van der Waals surface area contributed by atoms with Crippen LogP contribution in [0, 0.1) is 11.8 Å². The SMILES string of the molecule is C=CCO/C=C1\C[C@H]2C(=O)N(Cc3ccc(OC)cc3)[C@@]3(CC(=O)OCC)[C@@H]2CCN(C(=O)OC(C)(C)C)[C@@H]13. The monoisotopic (exact) mass is 540 g/mol. The summed E-state index contributed by atoms with van der Waals surface area (Å²) in [7, 11) is 1.60. The van der Waals surface area contributed by atoms with Crippen molar-refractivity contribution in [1.29, 1.82) is 0 Å². The minimum absolute atomic E-state index is 0.0247. The molecule has 1 aromatic rings. The highest BCUT2D eigenvalue weighted by atomic mass is 16.6. The van der Waals surface area contributed by atoms with Gasteiger partial charge in [0.1, 0.15) is 18.0 Å². The Hall–Kier alpha value is -3.49. The summed E-state index contributed by atoms with van der Waals surface area (Å²) in [4.78, 5) is 44.4. The Morgan fingerprint density at radius 1 is 1.21 bits per heavy atom. The zero-order valence-corrected chi connectivity index (χ0v) is 23.6. The first-order chi connectivity index (χ1) is 18.6. The lowest BCUT2D eigenvalue weighted by Crippen LogP contribution is -2.69. The number of hydrogen-bond acceptors (Lipinski definition) is 7. The molecule has 2 aliphatic heterocycles. The fourth-order valence-electron chi connectivity index (χ4n) is 6.48. The van der Waals surface area contributed by atoms with Crippen LogP contribution < -0.4 is 4.74 Å². The van der Waals surface area contributed by atoms with Crippen LogP contribution in [0.1, 0.15) is 52.5 Å². The Morgan fingerprint density at radius 2 is 1.92 bits per heavy atom. The van der Waals surface area contributed by atoms with E-state index in [2.05, 4.69) is 6.58 Å². The molecule has 1 aliphatic carbocycles. The van der Waals surface area contributed by atoms with Crippen molar-refractivity contribution in [3.05, 3.63) is 54.3 Å². The lowest BCUT2D eigenvalue weighted by atomic mass is 9.60. The van der Waals surface area contributed by atoms with Gasteiger partial charge in [-0.15, -0.1) is 0 Å². The molecule has 0 radical (unpaired) electrons. The number of esters is 1. The predicted molar refractivity (Wildman–Crippen MR) is 145 cm³/mol. The average Bonchev–Trinajstić information content (AvgIpc) is 3.02. The van der Waals surface area contributed by atoms with Crippen molar-refractivity contribution < 1.29 is 33.3 Å². The number of likely N-dealkylation sites (tertiary alicyclic amines) is 2. The van der Waals surface area contributed by atoms with E-state index in [0.717, 1.165) is 11.1 Å². The first-order valence-electron chi connectivity index (χ1n) is 13.6. The van der Waals surface area contributed by atoms with Crippen LogP contribution in [0.4, 0.5) is 4.79 Å². The van der Waals surface area contributed by atoms with Gasteiger partial charge in [-0.3, -0.25) is 14.5 Å². The second kappa shape index (κ2) is 11.3. The summed E-state index contributed by atoms with van der Waals surface area (Å²) in [6.45, 7) is 12.1. The topological polar surface area (TPSA) is 94.6 Å². The summed E-state index contributed by atoms with van der Waals surface area (Å²) in [6, 6.07) is 6.92. The Bertz CT molecular complexity index is 1120. The van der Waals surface area contributed by atoms with Gasteiger partial charge in [0.2, 0.25) is 5.91 Å². The van der Waals surface area contributed by atoms with Crippen molar-refractivity contribution in [3.63, 3.8) is 0 Å². The van der Waals surface area contributed by atoms with Gasteiger partial charge in [-0.2, -0.15) is 0 Å². The van der Waals surface area contributed by atoms with Crippen LogP contribution in [0.15, 0.2) is 48.8 Å². The van der Waals surface area contributed by atoms with Crippen molar-refractivity contribution in [2.45, 2.75) is 70.7 Å². The standard InChI is InChI=1S/C30H40N2O7/c1-7-15-37-19-21-16-23-24-13-14-31(28(35)39-29(3,4)5)26(21)30(24,17-25(33)38-8-2)32(27(23)34)18-20-9-11-22(36-6)12-10-20/h7,9-12,19,23-24,26H,1,8,13-18H2,2-6H3/b21-19+/t23-,24-,26+,30+/m1/s1. The largest absolute Gasteiger partial charge is 0.497 e. The molecule has 9 heteroatoms. The molecular formula is C30H40N2O7. The minimum atomic E-state index is -1.01. The number of rotatable bonds is 9. The summed E-state index contributed by atoms with van der Waals surface area (Å²) >= 11 is 0. The molecule has 0 N–H and O–H groups in total. The van der Waals surface area contributed by atoms with E-state index in [0.29, 0.717) is 25.1 Å². The smallest absolute Gasteiger partial charge is 0.410 e. The Balaban J connectivity index is 1.85. The molecule has 4 bridgehead atoms. The van der Waals surface area contributed by atoms with Crippen molar-refractivity contribution >= 4 is 18.0 Å². The van der Waals surface area contributed by atoms with Crippen LogP contribution in [0.2, 0.25) is 0 Å². The molecule has 4 rings (SSSR count). The summed E-state index contributed by atoms with van der Waals surface area (Å²) in [5, 5.41) is 0. The number of piperidine rings is 1. The van der Waals surface area contributed by atoms with Crippen LogP contribution in [0.25, 0.3) is 0 Å². The maximum Gasteiger partial charge on any atom is 0.410 e. The molecule has 0 aromatic heterocycles. The molecule has 0 spiro atoms. The second-order valence-electron chi connectivity index (χ2n) is 11.3. The normalized spacial score (nSPS) is 26.8. The third kappa shape index (κ3) is 5.49. The van der Waals surface area contributed by atoms with Crippen LogP contribution in [0.5, 0.6) is 5.75 Å². The summed E-state index contributed by atoms with van der Waals surface area (Å²) in [5.74, 6) is -0.173. The molecular weight excluding hydrogens is 500 g/mol. The molecule has 2 saturated heterocycles. The average molecular weight is 541 g/mol. The van der Waals surface area contributed by atoms with Gasteiger partial charge in [-0.25, -0.2) is 4.79 Å². The van der Waals surface area contributed by atoms with Crippen molar-refractivity contribution in [2.75, 3.05) is 26.9 Å². The molecule has 9 nitrogen and oxygen atoms in total. The fraction of sp³-hybridized carbons (Fsp3) is 0.567. The predicted octanol–water partition coefficient (Wildman–Crippen LogP) is 4.46. The number of methoxy groups -OCH3 is 1. The maximum atomic E-state index is 14.1. The van der Waals surface area contributed by atoms with Gasteiger partial charge in [0.25, 0.3) is 0 Å². The van der Waals surface area contributed by atoms with E-state index in [4.69, 9.17) is 18.9 Å². The molecule has 2 heterocycles. The Morgan fingerprint density at radius 3 is 2.54 bits per heavy atom. The van der Waals surface area contributed by atoms with E-state index in [1.165, 1.54) is 0 Å². The lowest BCUT2D eigenvalue weighted by molar-refractivity contribution is -0.152. The van der Waals surface area contributed by atoms with E-state index in [-0.39, 0.29) is 43.9 Å². The van der Waals surface area contributed by atoms with E-state index in [1.807, 2.05) is 49.9 Å². The number of ether oxygens (including phenoxy) is 4. The van der Waals surface area contributed by atoms with Crippen molar-refractivity contribution in [1.82, 2.24) is 9.80 Å². The maximum absolute atomic E-state index is 14.1. The Labute approximate surface area is 230 Å². The van der Waals surface area contributed by atoms with Crippen LogP contribution >= 0.6 is 0 Å². The van der Waals surface area contributed by atoms with Gasteiger partial charge >= 0.3 is 12.1 Å². The quantitative estimate of drug-likeness (QED) is 0.198.